The average Bonchev–Trinajstić information content (AvgIpc) is 3.86. The Morgan fingerprint density at radius 1 is 0.385 bits per heavy atom. The highest BCUT2D eigenvalue weighted by molar-refractivity contribution is 7.25. The fourth-order valence-corrected chi connectivity index (χ4v) is 9.81. The summed E-state index contributed by atoms with van der Waals surface area (Å²) in [6, 6.07) is 68.6. The van der Waals surface area contributed by atoms with Crippen LogP contribution in [0.25, 0.3) is 53.2 Å². The van der Waals surface area contributed by atoms with Crippen LogP contribution in [0.3, 0.4) is 0 Å². The van der Waals surface area contributed by atoms with Gasteiger partial charge in [0.2, 0.25) is 0 Å². The van der Waals surface area contributed by atoms with Crippen molar-refractivity contribution in [1.29, 1.82) is 0 Å². The van der Waals surface area contributed by atoms with E-state index in [4.69, 9.17) is 4.42 Å². The quantitative estimate of drug-likeness (QED) is 0.180. The van der Waals surface area contributed by atoms with Crippen LogP contribution in [0, 0.1) is 0 Å². The van der Waals surface area contributed by atoms with E-state index in [9.17, 15) is 0 Å². The second-order valence-corrected chi connectivity index (χ2v) is 14.7. The molecule has 244 valence electrons. The van der Waals surface area contributed by atoms with Crippen LogP contribution in [0.1, 0.15) is 22.3 Å². The van der Waals surface area contributed by atoms with Crippen molar-refractivity contribution < 1.29 is 4.42 Å². The van der Waals surface area contributed by atoms with Crippen LogP contribution >= 0.6 is 11.3 Å². The fourth-order valence-electron chi connectivity index (χ4n) is 8.73. The van der Waals surface area contributed by atoms with Crippen molar-refractivity contribution in [1.82, 2.24) is 0 Å². The van der Waals surface area contributed by atoms with Crippen molar-refractivity contribution >= 4 is 70.5 Å². The van der Waals surface area contributed by atoms with Gasteiger partial charge in [0, 0.05) is 54.1 Å². The van der Waals surface area contributed by atoms with E-state index >= 15 is 0 Å². The third-order valence-corrected chi connectivity index (χ3v) is 12.1. The largest absolute Gasteiger partial charge is 0.456 e. The van der Waals surface area contributed by atoms with Crippen molar-refractivity contribution in [3.63, 3.8) is 0 Å². The van der Waals surface area contributed by atoms with Gasteiger partial charge in [-0.1, -0.05) is 127 Å². The highest BCUT2D eigenvalue weighted by Gasteiger charge is 2.46. The number of furan rings is 1. The Hall–Kier alpha value is -6.42. The molecule has 0 radical (unpaired) electrons. The summed E-state index contributed by atoms with van der Waals surface area (Å²) in [7, 11) is 0. The van der Waals surface area contributed by atoms with E-state index in [1.54, 1.807) is 0 Å². The Kier molecular flexibility index (Phi) is 6.37. The molecule has 0 bridgehead atoms. The van der Waals surface area contributed by atoms with E-state index in [2.05, 4.69) is 181 Å². The number of hydrogen-bond acceptors (Lipinski definition) is 3. The number of fused-ring (bicyclic) bond motifs is 9. The summed E-state index contributed by atoms with van der Waals surface area (Å²) in [4.78, 5) is 2.41. The zero-order valence-electron chi connectivity index (χ0n) is 28.2. The predicted molar refractivity (Wildman–Crippen MR) is 219 cm³/mol. The standard InChI is InChI=1S/C49H31NOS/c1-3-13-32(14-4-1)49(33-15-5-2-6-16-33)43-20-10-7-17-37(43)38-26-23-35(30-44(38)49)50(34-25-28-48-42(29-34)41-19-9-12-22-47(41)52-48)36-24-27-40-39-18-8-11-21-45(39)51-46(40)31-36/h1-31H. The molecule has 11 rings (SSSR count). The molecular formula is C49H31NOS. The van der Waals surface area contributed by atoms with Gasteiger partial charge in [0.05, 0.1) is 5.41 Å². The molecule has 1 aliphatic rings. The monoisotopic (exact) mass is 681 g/mol. The first-order valence-corrected chi connectivity index (χ1v) is 18.6. The third-order valence-electron chi connectivity index (χ3n) is 10.9. The SMILES string of the molecule is c1ccc(C2(c3ccccc3)c3ccccc3-c3ccc(N(c4ccc5c(c4)oc4ccccc45)c4ccc5sc6ccccc6c5c4)cc32)cc1. The van der Waals surface area contributed by atoms with E-state index in [1.807, 2.05) is 23.5 Å². The smallest absolute Gasteiger partial charge is 0.137 e. The zero-order chi connectivity index (χ0) is 34.2. The summed E-state index contributed by atoms with van der Waals surface area (Å²) in [6.45, 7) is 0. The highest BCUT2D eigenvalue weighted by Crippen LogP contribution is 2.57. The number of nitrogens with zero attached hydrogens (tertiary/aromatic N) is 1. The summed E-state index contributed by atoms with van der Waals surface area (Å²) in [5.41, 5.74) is 12.2. The maximum Gasteiger partial charge on any atom is 0.137 e. The Bertz CT molecular complexity index is 2930. The molecule has 0 spiro atoms. The van der Waals surface area contributed by atoms with Gasteiger partial charge in [-0.25, -0.2) is 0 Å². The number of benzene rings is 8. The van der Waals surface area contributed by atoms with E-state index in [0.29, 0.717) is 0 Å². The minimum absolute atomic E-state index is 0.494. The molecule has 0 atom stereocenters. The summed E-state index contributed by atoms with van der Waals surface area (Å²) >= 11 is 1.85. The molecule has 0 fully saturated rings. The molecule has 0 N–H and O–H groups in total. The Morgan fingerprint density at radius 3 is 1.79 bits per heavy atom. The molecule has 0 saturated carbocycles. The molecule has 52 heavy (non-hydrogen) atoms. The molecule has 10 aromatic rings. The average molecular weight is 682 g/mol. The molecule has 0 saturated heterocycles. The van der Waals surface area contributed by atoms with Gasteiger partial charge in [-0.05, 0) is 88.0 Å². The Morgan fingerprint density at radius 2 is 0.962 bits per heavy atom. The molecule has 0 unspecified atom stereocenters. The maximum atomic E-state index is 6.47. The fraction of sp³-hybridized carbons (Fsp3) is 0.0204. The Labute approximate surface area is 305 Å². The topological polar surface area (TPSA) is 16.4 Å². The Balaban J connectivity index is 1.20. The van der Waals surface area contributed by atoms with Gasteiger partial charge in [0.25, 0.3) is 0 Å². The lowest BCUT2D eigenvalue weighted by Crippen LogP contribution is -2.28. The van der Waals surface area contributed by atoms with Gasteiger partial charge in [-0.2, -0.15) is 0 Å². The molecule has 0 aliphatic heterocycles. The highest BCUT2D eigenvalue weighted by atomic mass is 32.1. The van der Waals surface area contributed by atoms with Crippen molar-refractivity contribution in [3.8, 4) is 11.1 Å². The first-order valence-electron chi connectivity index (χ1n) is 17.8. The number of anilines is 3. The zero-order valence-corrected chi connectivity index (χ0v) is 29.0. The van der Waals surface area contributed by atoms with E-state index < -0.39 is 5.41 Å². The summed E-state index contributed by atoms with van der Waals surface area (Å²) in [5, 5.41) is 4.81. The third kappa shape index (κ3) is 4.17. The van der Waals surface area contributed by atoms with Crippen LogP contribution in [-0.2, 0) is 5.41 Å². The molecule has 8 aromatic carbocycles. The first kappa shape index (κ1) is 29.3. The number of rotatable bonds is 5. The lowest BCUT2D eigenvalue weighted by atomic mass is 9.67. The molecule has 1 aliphatic carbocycles. The van der Waals surface area contributed by atoms with Crippen LogP contribution in [0.2, 0.25) is 0 Å². The second-order valence-electron chi connectivity index (χ2n) is 13.7. The van der Waals surface area contributed by atoms with Crippen molar-refractivity contribution in [3.05, 3.63) is 210 Å². The van der Waals surface area contributed by atoms with Crippen LogP contribution in [-0.4, -0.2) is 0 Å². The van der Waals surface area contributed by atoms with E-state index in [1.165, 1.54) is 53.6 Å². The summed E-state index contributed by atoms with van der Waals surface area (Å²) in [6.07, 6.45) is 0. The summed E-state index contributed by atoms with van der Waals surface area (Å²) in [5.74, 6) is 0. The lowest BCUT2D eigenvalue weighted by molar-refractivity contribution is 0.669. The van der Waals surface area contributed by atoms with Gasteiger partial charge >= 0.3 is 0 Å². The normalized spacial score (nSPS) is 13.2. The van der Waals surface area contributed by atoms with Gasteiger partial charge in [0.1, 0.15) is 11.2 Å². The van der Waals surface area contributed by atoms with Gasteiger partial charge < -0.3 is 9.32 Å². The number of hydrogen-bond donors (Lipinski definition) is 0. The minimum atomic E-state index is -0.494. The van der Waals surface area contributed by atoms with Crippen LogP contribution in [0.4, 0.5) is 17.1 Å². The lowest BCUT2D eigenvalue weighted by Gasteiger charge is -2.35. The minimum Gasteiger partial charge on any atom is -0.456 e. The molecule has 2 heterocycles. The van der Waals surface area contributed by atoms with Gasteiger partial charge in [-0.15, -0.1) is 11.3 Å². The number of thiophene rings is 1. The van der Waals surface area contributed by atoms with E-state index in [-0.39, 0.29) is 0 Å². The number of para-hydroxylation sites is 1. The first-order chi connectivity index (χ1) is 25.8. The van der Waals surface area contributed by atoms with Crippen molar-refractivity contribution in [2.24, 2.45) is 0 Å². The van der Waals surface area contributed by atoms with Crippen LogP contribution < -0.4 is 4.90 Å². The molecule has 0 amide bonds. The van der Waals surface area contributed by atoms with E-state index in [0.717, 1.165) is 39.0 Å². The molecule has 3 heteroatoms. The summed E-state index contributed by atoms with van der Waals surface area (Å²) < 4.78 is 9.06. The predicted octanol–water partition coefficient (Wildman–Crippen LogP) is 13.8. The maximum absolute atomic E-state index is 6.47. The van der Waals surface area contributed by atoms with Crippen LogP contribution in [0.15, 0.2) is 192 Å². The molecule has 2 aromatic heterocycles. The van der Waals surface area contributed by atoms with Gasteiger partial charge in [-0.3, -0.25) is 0 Å². The van der Waals surface area contributed by atoms with Crippen molar-refractivity contribution in [2.75, 3.05) is 4.90 Å². The van der Waals surface area contributed by atoms with Crippen LogP contribution in [0.5, 0.6) is 0 Å². The molecular weight excluding hydrogens is 651 g/mol. The second kappa shape index (κ2) is 11.3. The molecule has 2 nitrogen and oxygen atoms in total. The van der Waals surface area contributed by atoms with Gasteiger partial charge in [0.15, 0.2) is 0 Å². The van der Waals surface area contributed by atoms with Crippen molar-refractivity contribution in [2.45, 2.75) is 5.41 Å².